The number of carbonyl (C=O) groups excluding carboxylic acids is 2. The summed E-state index contributed by atoms with van der Waals surface area (Å²) in [7, 11) is 0. The van der Waals surface area contributed by atoms with Gasteiger partial charge in [0.25, 0.3) is 0 Å². The number of ether oxygens (including phenoxy) is 4. The van der Waals surface area contributed by atoms with Crippen LogP contribution in [0.5, 0.6) is 0 Å². The van der Waals surface area contributed by atoms with Crippen molar-refractivity contribution in [1.82, 2.24) is 0 Å². The van der Waals surface area contributed by atoms with Crippen LogP contribution in [0.3, 0.4) is 0 Å². The Hall–Kier alpha value is -1.14. The Balaban J connectivity index is 1.30. The molecule has 4 aliphatic carbocycles. The second-order valence-electron chi connectivity index (χ2n) is 14.4. The third-order valence-electron chi connectivity index (χ3n) is 12.4. The van der Waals surface area contributed by atoms with Gasteiger partial charge >= 0.3 is 11.9 Å². The fraction of sp³-hybridized carbons (Fsp3) is 0.935. The summed E-state index contributed by atoms with van der Waals surface area (Å²) in [6.07, 6.45) is 9.63. The quantitative estimate of drug-likeness (QED) is 0.425. The van der Waals surface area contributed by atoms with Crippen LogP contribution in [0.15, 0.2) is 0 Å². The van der Waals surface area contributed by atoms with Gasteiger partial charge in [0, 0.05) is 32.1 Å². The SMILES string of the molecule is CC(=O)OC1CC[C@@]2(C)C(CC[C@H]3[C@@H]4C[C@@H]5O[C@]6(CCC(C)CO6)[C@@H](C)[C@@H]5[C@@]4(C)CC(OC(C)=O)[C@@H]32)C1. The average Bonchev–Trinajstić information content (AvgIpc) is 3.25. The van der Waals surface area contributed by atoms with Crippen LogP contribution in [-0.4, -0.2) is 42.6 Å². The molecule has 2 aliphatic heterocycles. The lowest BCUT2D eigenvalue weighted by Gasteiger charge is -2.63. The molecule has 208 valence electrons. The second-order valence-corrected chi connectivity index (χ2v) is 14.4. The summed E-state index contributed by atoms with van der Waals surface area (Å²) in [5.74, 6) is 2.63. The lowest BCUT2D eigenvalue weighted by atomic mass is 9.43. The van der Waals surface area contributed by atoms with E-state index < -0.39 is 5.79 Å². The van der Waals surface area contributed by atoms with Crippen LogP contribution in [-0.2, 0) is 28.5 Å². The van der Waals surface area contributed by atoms with Crippen LogP contribution in [0.4, 0.5) is 0 Å². The molecule has 0 aromatic rings. The second kappa shape index (κ2) is 8.94. The molecule has 0 amide bonds. The molecule has 6 nitrogen and oxygen atoms in total. The zero-order valence-electron chi connectivity index (χ0n) is 23.8. The van der Waals surface area contributed by atoms with E-state index in [1.807, 2.05) is 0 Å². The molecular formula is C31H48O6. The van der Waals surface area contributed by atoms with Crippen molar-refractivity contribution in [2.45, 2.75) is 123 Å². The highest BCUT2D eigenvalue weighted by atomic mass is 16.7. The molecule has 6 fully saturated rings. The highest BCUT2D eigenvalue weighted by Gasteiger charge is 2.71. The molecule has 0 aromatic heterocycles. The van der Waals surface area contributed by atoms with E-state index in [1.54, 1.807) is 6.92 Å². The van der Waals surface area contributed by atoms with E-state index >= 15 is 0 Å². The van der Waals surface area contributed by atoms with Crippen molar-refractivity contribution in [2.24, 2.45) is 52.3 Å². The molecule has 2 heterocycles. The van der Waals surface area contributed by atoms with Crippen molar-refractivity contribution < 1.29 is 28.5 Å². The Kier molecular flexibility index (Phi) is 6.31. The number of hydrogen-bond donors (Lipinski definition) is 0. The van der Waals surface area contributed by atoms with E-state index in [-0.39, 0.29) is 41.1 Å². The molecule has 13 atom stereocenters. The topological polar surface area (TPSA) is 71.1 Å². The van der Waals surface area contributed by atoms with Crippen LogP contribution in [0.1, 0.15) is 99.3 Å². The van der Waals surface area contributed by atoms with Crippen molar-refractivity contribution in [3.8, 4) is 0 Å². The number of carbonyl (C=O) groups is 2. The fourth-order valence-corrected chi connectivity index (χ4v) is 11.0. The van der Waals surface area contributed by atoms with E-state index in [1.165, 1.54) is 26.2 Å². The standard InChI is InChI=1S/C31H48O6/c1-17-9-12-31(34-16-17)18(2)27-25(37-31)14-24-23-8-7-21-13-22(35-19(3)32)10-11-29(21,5)28(23)26(36-20(4)33)15-30(24,27)6/h17-18,21-28H,7-16H2,1-6H3/t17?,18-,21?,22?,23-,24-,25-,26?,27-,28+,29-,30-,31+/m0/s1. The van der Waals surface area contributed by atoms with Crippen LogP contribution >= 0.6 is 0 Å². The Labute approximate surface area is 222 Å². The van der Waals surface area contributed by atoms with E-state index in [4.69, 9.17) is 18.9 Å². The van der Waals surface area contributed by atoms with Gasteiger partial charge < -0.3 is 18.9 Å². The highest BCUT2D eigenvalue weighted by molar-refractivity contribution is 5.66. The first-order valence-corrected chi connectivity index (χ1v) is 15.1. The summed E-state index contributed by atoms with van der Waals surface area (Å²) < 4.78 is 25.4. The molecule has 0 aromatic carbocycles. The third kappa shape index (κ3) is 3.93. The van der Waals surface area contributed by atoms with Gasteiger partial charge in [0.05, 0.1) is 12.7 Å². The zero-order valence-corrected chi connectivity index (χ0v) is 23.8. The van der Waals surface area contributed by atoms with Gasteiger partial charge in [0.15, 0.2) is 5.79 Å². The number of rotatable bonds is 2. The van der Waals surface area contributed by atoms with Gasteiger partial charge in [-0.2, -0.15) is 0 Å². The average molecular weight is 517 g/mol. The molecular weight excluding hydrogens is 468 g/mol. The summed E-state index contributed by atoms with van der Waals surface area (Å²) in [5.41, 5.74) is 0.189. The molecule has 0 bridgehead atoms. The van der Waals surface area contributed by atoms with Crippen molar-refractivity contribution in [1.29, 1.82) is 0 Å². The summed E-state index contributed by atoms with van der Waals surface area (Å²) in [6.45, 7) is 13.5. The predicted octanol–water partition coefficient (Wildman–Crippen LogP) is 5.91. The maximum atomic E-state index is 12.5. The Morgan fingerprint density at radius 1 is 0.865 bits per heavy atom. The molecule has 0 N–H and O–H groups in total. The van der Waals surface area contributed by atoms with Gasteiger partial charge in [-0.1, -0.05) is 27.7 Å². The van der Waals surface area contributed by atoms with Crippen LogP contribution in [0.25, 0.3) is 0 Å². The Bertz CT molecular complexity index is 925. The molecule has 2 saturated heterocycles. The maximum Gasteiger partial charge on any atom is 0.302 e. The molecule has 6 heteroatoms. The summed E-state index contributed by atoms with van der Waals surface area (Å²) in [6, 6.07) is 0. The molecule has 0 radical (unpaired) electrons. The van der Waals surface area contributed by atoms with Crippen LogP contribution < -0.4 is 0 Å². The Morgan fingerprint density at radius 3 is 2.30 bits per heavy atom. The molecule has 6 aliphatic rings. The number of fused-ring (bicyclic) bond motifs is 7. The minimum absolute atomic E-state index is 0.0302. The molecule has 4 saturated carbocycles. The first-order valence-electron chi connectivity index (χ1n) is 15.1. The van der Waals surface area contributed by atoms with E-state index in [0.29, 0.717) is 41.4 Å². The molecule has 37 heavy (non-hydrogen) atoms. The molecule has 1 spiro atoms. The summed E-state index contributed by atoms with van der Waals surface area (Å²) >= 11 is 0. The van der Waals surface area contributed by atoms with Crippen molar-refractivity contribution in [3.05, 3.63) is 0 Å². The molecule has 6 rings (SSSR count). The first-order chi connectivity index (χ1) is 17.5. The van der Waals surface area contributed by atoms with Gasteiger partial charge in [-0.05, 0) is 91.8 Å². The van der Waals surface area contributed by atoms with Gasteiger partial charge in [0.2, 0.25) is 0 Å². The van der Waals surface area contributed by atoms with Crippen molar-refractivity contribution in [3.63, 3.8) is 0 Å². The Morgan fingerprint density at radius 2 is 1.62 bits per heavy atom. The smallest absolute Gasteiger partial charge is 0.302 e. The van der Waals surface area contributed by atoms with Crippen LogP contribution in [0, 0.1) is 52.3 Å². The normalized spacial score (nSPS) is 54.5. The summed E-state index contributed by atoms with van der Waals surface area (Å²) in [5, 5.41) is 0. The maximum absolute atomic E-state index is 12.5. The highest BCUT2D eigenvalue weighted by Crippen LogP contribution is 2.71. The third-order valence-corrected chi connectivity index (χ3v) is 12.4. The fourth-order valence-electron chi connectivity index (χ4n) is 11.0. The summed E-state index contributed by atoms with van der Waals surface area (Å²) in [4.78, 5) is 24.1. The zero-order chi connectivity index (χ0) is 26.3. The number of hydrogen-bond acceptors (Lipinski definition) is 6. The minimum Gasteiger partial charge on any atom is -0.463 e. The number of esters is 2. The van der Waals surface area contributed by atoms with E-state index in [0.717, 1.165) is 45.1 Å². The van der Waals surface area contributed by atoms with Gasteiger partial charge in [-0.15, -0.1) is 0 Å². The van der Waals surface area contributed by atoms with Crippen molar-refractivity contribution >= 4 is 11.9 Å². The minimum atomic E-state index is -0.428. The van der Waals surface area contributed by atoms with Crippen LogP contribution in [0.2, 0.25) is 0 Å². The monoisotopic (exact) mass is 516 g/mol. The molecule has 4 unspecified atom stereocenters. The largest absolute Gasteiger partial charge is 0.463 e. The van der Waals surface area contributed by atoms with E-state index in [2.05, 4.69) is 27.7 Å². The van der Waals surface area contributed by atoms with Crippen molar-refractivity contribution in [2.75, 3.05) is 6.61 Å². The van der Waals surface area contributed by atoms with Gasteiger partial charge in [-0.25, -0.2) is 0 Å². The first kappa shape index (κ1) is 26.1. The van der Waals surface area contributed by atoms with E-state index in [9.17, 15) is 9.59 Å². The van der Waals surface area contributed by atoms with Gasteiger partial charge in [-0.3, -0.25) is 9.59 Å². The lowest BCUT2D eigenvalue weighted by molar-refractivity contribution is -0.274. The van der Waals surface area contributed by atoms with Gasteiger partial charge in [0.1, 0.15) is 12.2 Å². The predicted molar refractivity (Wildman–Crippen MR) is 138 cm³/mol. The lowest BCUT2D eigenvalue weighted by Crippen LogP contribution is -2.60.